The lowest BCUT2D eigenvalue weighted by Gasteiger charge is -2.11. The molecule has 3 rings (SSSR count). The highest BCUT2D eigenvalue weighted by atomic mass is 35.5. The smallest absolute Gasteiger partial charge is 0.229 e. The second-order valence-corrected chi connectivity index (χ2v) is 4.61. The molecule has 1 saturated carbocycles. The number of likely N-dealkylation sites (tertiary alicyclic amines) is 1. The summed E-state index contributed by atoms with van der Waals surface area (Å²) in [5, 5.41) is 4.00. The van der Waals surface area contributed by atoms with Crippen molar-refractivity contribution in [1.82, 2.24) is 15.0 Å². The van der Waals surface area contributed by atoms with Gasteiger partial charge in [-0.05, 0) is 19.3 Å². The van der Waals surface area contributed by atoms with Crippen molar-refractivity contribution in [1.29, 1.82) is 0 Å². The first-order valence-corrected chi connectivity index (χ1v) is 5.61. The van der Waals surface area contributed by atoms with Gasteiger partial charge in [0.15, 0.2) is 5.82 Å². The Kier molecular flexibility index (Phi) is 3.47. The fourth-order valence-electron chi connectivity index (χ4n) is 2.03. The molecule has 2 heterocycles. The monoisotopic (exact) mass is 244 g/mol. The molecule has 2 N–H and O–H groups in total. The van der Waals surface area contributed by atoms with E-state index in [0.29, 0.717) is 12.0 Å². The summed E-state index contributed by atoms with van der Waals surface area (Å²) in [6.45, 7) is 2.78. The number of hydrogen-bond donors (Lipinski definition) is 1. The normalized spacial score (nSPS) is 25.7. The molecular formula is C10H17ClN4O. The van der Waals surface area contributed by atoms with Crippen LogP contribution in [0.25, 0.3) is 0 Å². The molecule has 1 aliphatic heterocycles. The molecule has 1 saturated heterocycles. The molecule has 0 aromatic carbocycles. The SMILES string of the molecule is Cl.N[C@H]1CCN(Cc2noc(C3CC3)n2)C1. The van der Waals surface area contributed by atoms with Gasteiger partial charge in [0.05, 0.1) is 6.54 Å². The van der Waals surface area contributed by atoms with E-state index >= 15 is 0 Å². The molecule has 1 aliphatic carbocycles. The summed E-state index contributed by atoms with van der Waals surface area (Å²) in [7, 11) is 0. The molecule has 0 spiro atoms. The highest BCUT2D eigenvalue weighted by molar-refractivity contribution is 5.85. The van der Waals surface area contributed by atoms with Crippen molar-refractivity contribution in [3.8, 4) is 0 Å². The van der Waals surface area contributed by atoms with Gasteiger partial charge in [0.25, 0.3) is 0 Å². The predicted molar refractivity (Wildman–Crippen MR) is 61.4 cm³/mol. The minimum absolute atomic E-state index is 0. The van der Waals surface area contributed by atoms with Gasteiger partial charge in [-0.15, -0.1) is 12.4 Å². The van der Waals surface area contributed by atoms with Gasteiger partial charge in [-0.1, -0.05) is 5.16 Å². The molecule has 2 aliphatic rings. The number of hydrogen-bond acceptors (Lipinski definition) is 5. The van der Waals surface area contributed by atoms with Crippen molar-refractivity contribution in [2.45, 2.75) is 37.8 Å². The van der Waals surface area contributed by atoms with Crippen molar-refractivity contribution in [2.75, 3.05) is 13.1 Å². The number of nitrogens with two attached hydrogens (primary N) is 1. The minimum Gasteiger partial charge on any atom is -0.339 e. The van der Waals surface area contributed by atoms with Gasteiger partial charge in [-0.3, -0.25) is 4.90 Å². The molecule has 1 aromatic heterocycles. The Balaban J connectivity index is 0.000000963. The molecule has 90 valence electrons. The van der Waals surface area contributed by atoms with Crippen LogP contribution in [-0.4, -0.2) is 34.2 Å². The van der Waals surface area contributed by atoms with Crippen LogP contribution in [0.2, 0.25) is 0 Å². The molecule has 0 unspecified atom stereocenters. The van der Waals surface area contributed by atoms with E-state index in [-0.39, 0.29) is 12.4 Å². The van der Waals surface area contributed by atoms with Crippen molar-refractivity contribution >= 4 is 12.4 Å². The third-order valence-corrected chi connectivity index (χ3v) is 3.08. The highest BCUT2D eigenvalue weighted by Crippen LogP contribution is 2.38. The first-order chi connectivity index (χ1) is 7.31. The van der Waals surface area contributed by atoms with Gasteiger partial charge < -0.3 is 10.3 Å². The van der Waals surface area contributed by atoms with Crippen LogP contribution in [0.3, 0.4) is 0 Å². The standard InChI is InChI=1S/C10H16N4O.ClH/c11-8-3-4-14(5-8)6-9-12-10(15-13-9)7-1-2-7;/h7-8H,1-6,11H2;1H/t8-;/m0./s1. The molecular weight excluding hydrogens is 228 g/mol. The fraction of sp³-hybridized carbons (Fsp3) is 0.800. The van der Waals surface area contributed by atoms with E-state index in [4.69, 9.17) is 10.3 Å². The van der Waals surface area contributed by atoms with Crippen LogP contribution in [0.4, 0.5) is 0 Å². The van der Waals surface area contributed by atoms with Crippen LogP contribution in [0, 0.1) is 0 Å². The van der Waals surface area contributed by atoms with E-state index in [9.17, 15) is 0 Å². The van der Waals surface area contributed by atoms with Crippen molar-refractivity contribution in [3.05, 3.63) is 11.7 Å². The zero-order valence-electron chi connectivity index (χ0n) is 9.13. The van der Waals surface area contributed by atoms with E-state index in [1.54, 1.807) is 0 Å². The van der Waals surface area contributed by atoms with Crippen molar-refractivity contribution < 1.29 is 4.52 Å². The highest BCUT2D eigenvalue weighted by Gasteiger charge is 2.30. The van der Waals surface area contributed by atoms with E-state index in [0.717, 1.165) is 37.8 Å². The summed E-state index contributed by atoms with van der Waals surface area (Å²) in [4.78, 5) is 6.68. The first-order valence-electron chi connectivity index (χ1n) is 5.61. The van der Waals surface area contributed by atoms with Crippen LogP contribution in [0.1, 0.15) is 36.9 Å². The topological polar surface area (TPSA) is 68.2 Å². The second kappa shape index (κ2) is 4.69. The predicted octanol–water partition coefficient (Wildman–Crippen LogP) is 0.902. The fourth-order valence-corrected chi connectivity index (χ4v) is 2.03. The molecule has 5 nitrogen and oxygen atoms in total. The summed E-state index contributed by atoms with van der Waals surface area (Å²) in [6, 6.07) is 0.319. The van der Waals surface area contributed by atoms with Gasteiger partial charge in [0.1, 0.15) is 0 Å². The van der Waals surface area contributed by atoms with E-state index in [2.05, 4.69) is 15.0 Å². The summed E-state index contributed by atoms with van der Waals surface area (Å²) in [6.07, 6.45) is 3.49. The zero-order chi connectivity index (χ0) is 10.3. The quantitative estimate of drug-likeness (QED) is 0.856. The molecule has 1 atom stereocenters. The van der Waals surface area contributed by atoms with E-state index in [1.165, 1.54) is 12.8 Å². The van der Waals surface area contributed by atoms with Crippen LogP contribution in [0.15, 0.2) is 4.52 Å². The van der Waals surface area contributed by atoms with Crippen molar-refractivity contribution in [3.63, 3.8) is 0 Å². The Hall–Kier alpha value is -0.650. The zero-order valence-corrected chi connectivity index (χ0v) is 9.95. The van der Waals surface area contributed by atoms with Gasteiger partial charge in [-0.25, -0.2) is 0 Å². The molecule has 0 radical (unpaired) electrons. The lowest BCUT2D eigenvalue weighted by atomic mass is 10.3. The number of nitrogens with zero attached hydrogens (tertiary/aromatic N) is 3. The van der Waals surface area contributed by atoms with Gasteiger partial charge in [-0.2, -0.15) is 4.98 Å². The Labute approximate surface area is 101 Å². The van der Waals surface area contributed by atoms with Gasteiger partial charge in [0, 0.05) is 25.0 Å². The van der Waals surface area contributed by atoms with Gasteiger partial charge >= 0.3 is 0 Å². The van der Waals surface area contributed by atoms with Crippen LogP contribution in [0.5, 0.6) is 0 Å². The van der Waals surface area contributed by atoms with Crippen LogP contribution >= 0.6 is 12.4 Å². The van der Waals surface area contributed by atoms with E-state index in [1.807, 2.05) is 0 Å². The third-order valence-electron chi connectivity index (χ3n) is 3.08. The number of aromatic nitrogens is 2. The molecule has 2 fully saturated rings. The van der Waals surface area contributed by atoms with Crippen LogP contribution < -0.4 is 5.73 Å². The maximum atomic E-state index is 5.84. The summed E-state index contributed by atoms with van der Waals surface area (Å²) in [5.74, 6) is 2.19. The van der Waals surface area contributed by atoms with Crippen LogP contribution in [-0.2, 0) is 6.54 Å². The maximum absolute atomic E-state index is 5.84. The average molecular weight is 245 g/mol. The minimum atomic E-state index is 0. The van der Waals surface area contributed by atoms with Gasteiger partial charge in [0.2, 0.25) is 5.89 Å². The Morgan fingerprint density at radius 1 is 1.38 bits per heavy atom. The molecule has 0 amide bonds. The third kappa shape index (κ3) is 2.53. The Morgan fingerprint density at radius 3 is 2.81 bits per heavy atom. The largest absolute Gasteiger partial charge is 0.339 e. The maximum Gasteiger partial charge on any atom is 0.229 e. The number of halogens is 1. The number of rotatable bonds is 3. The molecule has 0 bridgehead atoms. The average Bonchev–Trinajstić information content (AvgIpc) is 2.84. The second-order valence-electron chi connectivity index (χ2n) is 4.61. The van der Waals surface area contributed by atoms with E-state index < -0.39 is 0 Å². The summed E-state index contributed by atoms with van der Waals surface area (Å²) < 4.78 is 5.21. The lowest BCUT2D eigenvalue weighted by molar-refractivity contribution is 0.306. The molecule has 1 aromatic rings. The van der Waals surface area contributed by atoms with Crippen molar-refractivity contribution in [2.24, 2.45) is 5.73 Å². The molecule has 16 heavy (non-hydrogen) atoms. The lowest BCUT2D eigenvalue weighted by Crippen LogP contribution is -2.26. The Bertz CT molecular complexity index is 352. The summed E-state index contributed by atoms with van der Waals surface area (Å²) >= 11 is 0. The molecule has 6 heteroatoms. The summed E-state index contributed by atoms with van der Waals surface area (Å²) in [5.41, 5.74) is 5.84. The Morgan fingerprint density at radius 2 is 2.19 bits per heavy atom. The first kappa shape index (κ1) is 11.8.